The fourth-order valence-electron chi connectivity index (χ4n) is 3.02. The van der Waals surface area contributed by atoms with Crippen LogP contribution in [0.25, 0.3) is 0 Å². The number of anilines is 1. The lowest BCUT2D eigenvalue weighted by molar-refractivity contribution is -0.121. The third-order valence-electron chi connectivity index (χ3n) is 4.24. The minimum atomic E-state index is 0.161. The highest BCUT2D eigenvalue weighted by Gasteiger charge is 2.24. The van der Waals surface area contributed by atoms with Gasteiger partial charge in [0.25, 0.3) is 0 Å². The van der Waals surface area contributed by atoms with Crippen molar-refractivity contribution >= 4 is 11.7 Å². The van der Waals surface area contributed by atoms with E-state index in [0.29, 0.717) is 6.42 Å². The SMILES string of the molecule is O=C(CCCc1ccccc1)NC1CCN(c2ccccn2)C1. The van der Waals surface area contributed by atoms with E-state index in [9.17, 15) is 4.79 Å². The Hall–Kier alpha value is -2.36. The third kappa shape index (κ3) is 4.55. The van der Waals surface area contributed by atoms with Gasteiger partial charge < -0.3 is 10.2 Å². The predicted octanol–water partition coefficient (Wildman–Crippen LogP) is 2.80. The van der Waals surface area contributed by atoms with E-state index < -0.39 is 0 Å². The summed E-state index contributed by atoms with van der Waals surface area (Å²) in [6, 6.07) is 16.5. The number of carbonyl (C=O) groups excluding carboxylic acids is 1. The number of pyridine rings is 1. The van der Waals surface area contributed by atoms with Gasteiger partial charge in [0.05, 0.1) is 0 Å². The van der Waals surface area contributed by atoms with Gasteiger partial charge >= 0.3 is 0 Å². The molecule has 1 aromatic carbocycles. The molecule has 2 heterocycles. The molecule has 1 atom stereocenters. The van der Waals surface area contributed by atoms with E-state index in [1.54, 1.807) is 0 Å². The Kier molecular flexibility index (Phi) is 5.25. The maximum atomic E-state index is 12.1. The summed E-state index contributed by atoms with van der Waals surface area (Å²) in [6.45, 7) is 1.80. The van der Waals surface area contributed by atoms with Crippen LogP contribution in [0, 0.1) is 0 Å². The zero-order valence-corrected chi connectivity index (χ0v) is 13.3. The molecular formula is C19H23N3O. The zero-order chi connectivity index (χ0) is 15.9. The van der Waals surface area contributed by atoms with Crippen LogP contribution in [0.5, 0.6) is 0 Å². The van der Waals surface area contributed by atoms with Crippen molar-refractivity contribution in [1.29, 1.82) is 0 Å². The molecule has 2 aromatic rings. The first-order valence-corrected chi connectivity index (χ1v) is 8.30. The molecule has 0 aliphatic carbocycles. The van der Waals surface area contributed by atoms with E-state index in [0.717, 1.165) is 38.2 Å². The quantitative estimate of drug-likeness (QED) is 0.892. The van der Waals surface area contributed by atoms with E-state index >= 15 is 0 Å². The first-order chi connectivity index (χ1) is 11.3. The second kappa shape index (κ2) is 7.77. The number of hydrogen-bond acceptors (Lipinski definition) is 3. The molecule has 1 N–H and O–H groups in total. The molecule has 1 unspecified atom stereocenters. The van der Waals surface area contributed by atoms with E-state index in [2.05, 4.69) is 27.3 Å². The Morgan fingerprint density at radius 3 is 2.78 bits per heavy atom. The summed E-state index contributed by atoms with van der Waals surface area (Å²) in [7, 11) is 0. The highest BCUT2D eigenvalue weighted by Crippen LogP contribution is 2.17. The number of aromatic nitrogens is 1. The topological polar surface area (TPSA) is 45.2 Å². The van der Waals surface area contributed by atoms with Gasteiger partial charge in [0, 0.05) is 31.7 Å². The maximum absolute atomic E-state index is 12.1. The first kappa shape index (κ1) is 15.5. The summed E-state index contributed by atoms with van der Waals surface area (Å²) in [5.41, 5.74) is 1.29. The molecule has 0 spiro atoms. The van der Waals surface area contributed by atoms with Crippen LogP contribution in [0.4, 0.5) is 5.82 Å². The fourth-order valence-corrected chi connectivity index (χ4v) is 3.02. The Morgan fingerprint density at radius 2 is 2.00 bits per heavy atom. The Morgan fingerprint density at radius 1 is 1.17 bits per heavy atom. The molecule has 0 radical (unpaired) electrons. The smallest absolute Gasteiger partial charge is 0.220 e. The number of rotatable bonds is 6. The molecule has 0 saturated carbocycles. The van der Waals surface area contributed by atoms with Gasteiger partial charge in [-0.15, -0.1) is 0 Å². The molecule has 120 valence electrons. The average molecular weight is 309 g/mol. The van der Waals surface area contributed by atoms with Crippen molar-refractivity contribution in [2.75, 3.05) is 18.0 Å². The van der Waals surface area contributed by atoms with E-state index in [1.165, 1.54) is 5.56 Å². The molecule has 0 bridgehead atoms. The molecule has 1 aromatic heterocycles. The standard InChI is InChI=1S/C19H23N3O/c23-19(11-6-9-16-7-2-1-3-8-16)21-17-12-14-22(15-17)18-10-4-5-13-20-18/h1-5,7-8,10,13,17H,6,9,11-12,14-15H2,(H,21,23). The van der Waals surface area contributed by atoms with E-state index in [-0.39, 0.29) is 11.9 Å². The molecule has 1 aliphatic rings. The van der Waals surface area contributed by atoms with Crippen LogP contribution in [0.3, 0.4) is 0 Å². The normalized spacial score (nSPS) is 17.2. The lowest BCUT2D eigenvalue weighted by Crippen LogP contribution is -2.37. The van der Waals surface area contributed by atoms with Crippen molar-refractivity contribution in [3.8, 4) is 0 Å². The van der Waals surface area contributed by atoms with Gasteiger partial charge in [-0.2, -0.15) is 0 Å². The summed E-state index contributed by atoms with van der Waals surface area (Å²) in [4.78, 5) is 18.7. The van der Waals surface area contributed by atoms with Crippen molar-refractivity contribution < 1.29 is 4.79 Å². The Balaban J connectivity index is 1.39. The molecular weight excluding hydrogens is 286 g/mol. The predicted molar refractivity (Wildman–Crippen MR) is 92.4 cm³/mol. The molecule has 1 aliphatic heterocycles. The van der Waals surface area contributed by atoms with Crippen molar-refractivity contribution in [2.45, 2.75) is 31.7 Å². The second-order valence-electron chi connectivity index (χ2n) is 6.03. The largest absolute Gasteiger partial charge is 0.354 e. The van der Waals surface area contributed by atoms with Gasteiger partial charge in [0.2, 0.25) is 5.91 Å². The van der Waals surface area contributed by atoms with Crippen LogP contribution < -0.4 is 10.2 Å². The monoisotopic (exact) mass is 309 g/mol. The second-order valence-corrected chi connectivity index (χ2v) is 6.03. The van der Waals surface area contributed by atoms with Gasteiger partial charge in [-0.25, -0.2) is 4.98 Å². The summed E-state index contributed by atoms with van der Waals surface area (Å²) >= 11 is 0. The number of aryl methyl sites for hydroxylation is 1. The Bertz CT molecular complexity index is 615. The molecule has 1 amide bonds. The van der Waals surface area contributed by atoms with Crippen molar-refractivity contribution in [3.63, 3.8) is 0 Å². The van der Waals surface area contributed by atoms with Gasteiger partial charge in [-0.1, -0.05) is 36.4 Å². The molecule has 4 heteroatoms. The minimum absolute atomic E-state index is 0.161. The van der Waals surface area contributed by atoms with Crippen LogP contribution >= 0.6 is 0 Å². The summed E-state index contributed by atoms with van der Waals surface area (Å²) < 4.78 is 0. The van der Waals surface area contributed by atoms with Crippen LogP contribution in [-0.4, -0.2) is 30.0 Å². The summed E-state index contributed by atoms with van der Waals surface area (Å²) in [5, 5.41) is 3.16. The molecule has 4 nitrogen and oxygen atoms in total. The van der Waals surface area contributed by atoms with E-state index in [1.807, 2.05) is 42.6 Å². The van der Waals surface area contributed by atoms with Crippen LogP contribution in [0.1, 0.15) is 24.8 Å². The van der Waals surface area contributed by atoms with Crippen LogP contribution in [0.2, 0.25) is 0 Å². The van der Waals surface area contributed by atoms with Crippen LogP contribution in [0.15, 0.2) is 54.7 Å². The lowest BCUT2D eigenvalue weighted by atomic mass is 10.1. The van der Waals surface area contributed by atoms with Crippen LogP contribution in [-0.2, 0) is 11.2 Å². The Labute approximate surface area is 137 Å². The lowest BCUT2D eigenvalue weighted by Gasteiger charge is -2.17. The molecule has 1 saturated heterocycles. The number of benzene rings is 1. The highest BCUT2D eigenvalue weighted by molar-refractivity contribution is 5.76. The van der Waals surface area contributed by atoms with Crippen molar-refractivity contribution in [2.24, 2.45) is 0 Å². The van der Waals surface area contributed by atoms with Gasteiger partial charge in [0.15, 0.2) is 0 Å². The van der Waals surface area contributed by atoms with Gasteiger partial charge in [-0.05, 0) is 37.0 Å². The fraction of sp³-hybridized carbons (Fsp3) is 0.368. The first-order valence-electron chi connectivity index (χ1n) is 8.30. The zero-order valence-electron chi connectivity index (χ0n) is 13.3. The third-order valence-corrected chi connectivity index (χ3v) is 4.24. The minimum Gasteiger partial charge on any atom is -0.354 e. The number of nitrogens with zero attached hydrogens (tertiary/aromatic N) is 2. The number of carbonyl (C=O) groups is 1. The highest BCUT2D eigenvalue weighted by atomic mass is 16.1. The average Bonchev–Trinajstić information content (AvgIpc) is 3.05. The molecule has 1 fully saturated rings. The molecule has 3 rings (SSSR count). The number of hydrogen-bond donors (Lipinski definition) is 1. The van der Waals surface area contributed by atoms with Gasteiger partial charge in [0.1, 0.15) is 5.82 Å². The maximum Gasteiger partial charge on any atom is 0.220 e. The van der Waals surface area contributed by atoms with E-state index in [4.69, 9.17) is 0 Å². The number of nitrogens with one attached hydrogen (secondary N) is 1. The molecule has 23 heavy (non-hydrogen) atoms. The van der Waals surface area contributed by atoms with Crippen molar-refractivity contribution in [1.82, 2.24) is 10.3 Å². The summed E-state index contributed by atoms with van der Waals surface area (Å²) in [6.07, 6.45) is 5.24. The summed E-state index contributed by atoms with van der Waals surface area (Å²) in [5.74, 6) is 1.15. The number of amides is 1. The van der Waals surface area contributed by atoms with Gasteiger partial charge in [-0.3, -0.25) is 4.79 Å². The van der Waals surface area contributed by atoms with Crippen molar-refractivity contribution in [3.05, 3.63) is 60.3 Å².